The SMILES string of the molecule is CC(=O)c1ccc(C#Cc2ccc(C(=O)N[C@H](C(=O)CO)[C@@H](C)O)cc2)cc1. The van der Waals surface area contributed by atoms with Crippen molar-refractivity contribution in [3.05, 3.63) is 70.8 Å². The molecule has 0 heterocycles. The fourth-order valence-corrected chi connectivity index (χ4v) is 2.43. The molecule has 6 heteroatoms. The van der Waals surface area contributed by atoms with Crippen molar-refractivity contribution in [2.24, 2.45) is 0 Å². The normalized spacial score (nSPS) is 12.3. The van der Waals surface area contributed by atoms with Gasteiger partial charge < -0.3 is 15.5 Å². The third-order valence-corrected chi connectivity index (χ3v) is 4.06. The summed E-state index contributed by atoms with van der Waals surface area (Å²) in [6, 6.07) is 12.2. The van der Waals surface area contributed by atoms with Crippen LogP contribution in [0, 0.1) is 11.8 Å². The van der Waals surface area contributed by atoms with Crippen LogP contribution in [-0.2, 0) is 4.79 Å². The number of aliphatic hydroxyl groups is 2. The minimum absolute atomic E-state index is 0.00751. The molecule has 2 atom stereocenters. The lowest BCUT2D eigenvalue weighted by atomic mass is 10.1. The van der Waals surface area contributed by atoms with Crippen molar-refractivity contribution < 1.29 is 24.6 Å². The van der Waals surface area contributed by atoms with Crippen LogP contribution in [0.1, 0.15) is 45.7 Å². The first-order valence-electron chi connectivity index (χ1n) is 8.67. The standard InChI is InChI=1S/C22H21NO5/c1-14(25)18-9-5-16(6-10-18)3-4-17-7-11-19(12-8-17)22(28)23-21(15(2)26)20(27)13-24/h5-12,15,21,24,26H,13H2,1-2H3,(H,23,28)/t15-,21+/m1/s1. The molecule has 0 aliphatic heterocycles. The van der Waals surface area contributed by atoms with Gasteiger partial charge in [-0.25, -0.2) is 0 Å². The molecule has 28 heavy (non-hydrogen) atoms. The Labute approximate surface area is 163 Å². The number of ketones is 2. The van der Waals surface area contributed by atoms with E-state index in [1.807, 2.05) is 0 Å². The summed E-state index contributed by atoms with van der Waals surface area (Å²) in [5, 5.41) is 20.9. The summed E-state index contributed by atoms with van der Waals surface area (Å²) >= 11 is 0. The van der Waals surface area contributed by atoms with E-state index in [4.69, 9.17) is 5.11 Å². The lowest BCUT2D eigenvalue weighted by Crippen LogP contribution is -2.48. The molecule has 0 spiro atoms. The Morgan fingerprint density at radius 3 is 1.79 bits per heavy atom. The first kappa shape index (κ1) is 21.0. The topological polar surface area (TPSA) is 104 Å². The number of hydrogen-bond acceptors (Lipinski definition) is 5. The Bertz CT molecular complexity index is 918. The number of carbonyl (C=O) groups is 3. The van der Waals surface area contributed by atoms with Crippen LogP contribution in [0.5, 0.6) is 0 Å². The van der Waals surface area contributed by atoms with E-state index in [0.717, 1.165) is 5.56 Å². The number of aliphatic hydroxyl groups excluding tert-OH is 2. The fourth-order valence-electron chi connectivity index (χ4n) is 2.43. The molecule has 0 fully saturated rings. The van der Waals surface area contributed by atoms with Gasteiger partial charge in [0.2, 0.25) is 0 Å². The molecule has 0 aliphatic carbocycles. The van der Waals surface area contributed by atoms with Gasteiger partial charge in [0, 0.05) is 22.3 Å². The van der Waals surface area contributed by atoms with E-state index in [1.165, 1.54) is 13.8 Å². The second kappa shape index (κ2) is 9.60. The molecule has 2 aromatic carbocycles. The number of amides is 1. The number of benzene rings is 2. The molecule has 144 valence electrons. The second-order valence-electron chi connectivity index (χ2n) is 6.28. The highest BCUT2D eigenvalue weighted by atomic mass is 16.3. The quantitative estimate of drug-likeness (QED) is 0.519. The van der Waals surface area contributed by atoms with Gasteiger partial charge in [-0.15, -0.1) is 0 Å². The Morgan fingerprint density at radius 2 is 1.39 bits per heavy atom. The van der Waals surface area contributed by atoms with E-state index in [0.29, 0.717) is 16.7 Å². The average molecular weight is 379 g/mol. The van der Waals surface area contributed by atoms with Crippen molar-refractivity contribution in [1.82, 2.24) is 5.32 Å². The molecule has 1 amide bonds. The maximum absolute atomic E-state index is 12.2. The summed E-state index contributed by atoms with van der Waals surface area (Å²) in [5.41, 5.74) is 2.36. The van der Waals surface area contributed by atoms with E-state index in [2.05, 4.69) is 17.2 Å². The van der Waals surface area contributed by atoms with Crippen LogP contribution in [-0.4, -0.2) is 46.4 Å². The van der Waals surface area contributed by atoms with Crippen LogP contribution in [0.2, 0.25) is 0 Å². The van der Waals surface area contributed by atoms with Crippen LogP contribution in [0.25, 0.3) is 0 Å². The van der Waals surface area contributed by atoms with Crippen LogP contribution >= 0.6 is 0 Å². The summed E-state index contributed by atoms with van der Waals surface area (Å²) in [6.07, 6.45) is -1.12. The van der Waals surface area contributed by atoms with Crippen molar-refractivity contribution in [2.75, 3.05) is 6.61 Å². The molecule has 0 radical (unpaired) electrons. The van der Waals surface area contributed by atoms with Gasteiger partial charge in [0.25, 0.3) is 5.91 Å². The first-order valence-corrected chi connectivity index (χ1v) is 8.67. The van der Waals surface area contributed by atoms with Gasteiger partial charge in [-0.1, -0.05) is 24.0 Å². The van der Waals surface area contributed by atoms with E-state index >= 15 is 0 Å². The molecular formula is C22H21NO5. The lowest BCUT2D eigenvalue weighted by Gasteiger charge is -2.19. The third kappa shape index (κ3) is 5.61. The van der Waals surface area contributed by atoms with Gasteiger partial charge in [0.05, 0.1) is 6.10 Å². The van der Waals surface area contributed by atoms with E-state index in [9.17, 15) is 19.5 Å². The van der Waals surface area contributed by atoms with Gasteiger partial charge in [0.1, 0.15) is 12.6 Å². The van der Waals surface area contributed by atoms with Crippen molar-refractivity contribution in [1.29, 1.82) is 0 Å². The maximum Gasteiger partial charge on any atom is 0.251 e. The van der Waals surface area contributed by atoms with Crippen molar-refractivity contribution >= 4 is 17.5 Å². The molecule has 0 bridgehead atoms. The summed E-state index contributed by atoms with van der Waals surface area (Å²) in [6.45, 7) is 2.10. The molecule has 0 saturated heterocycles. The van der Waals surface area contributed by atoms with E-state index in [1.54, 1.807) is 48.5 Å². The number of Topliss-reactive ketones (excluding diaryl/α,β-unsaturated/α-hetero) is 2. The lowest BCUT2D eigenvalue weighted by molar-refractivity contribution is -0.125. The fraction of sp³-hybridized carbons (Fsp3) is 0.227. The predicted octanol–water partition coefficient (Wildman–Crippen LogP) is 1.33. The number of hydrogen-bond donors (Lipinski definition) is 3. The Balaban J connectivity index is 2.08. The highest BCUT2D eigenvalue weighted by Gasteiger charge is 2.25. The molecule has 3 N–H and O–H groups in total. The Hall–Kier alpha value is -3.27. The third-order valence-electron chi connectivity index (χ3n) is 4.06. The van der Waals surface area contributed by atoms with Crippen LogP contribution < -0.4 is 5.32 Å². The molecule has 0 aliphatic rings. The van der Waals surface area contributed by atoms with Gasteiger partial charge >= 0.3 is 0 Å². The summed E-state index contributed by atoms with van der Waals surface area (Å²) in [5.74, 6) is 4.74. The predicted molar refractivity (Wildman–Crippen MR) is 104 cm³/mol. The zero-order valence-electron chi connectivity index (χ0n) is 15.6. The zero-order valence-corrected chi connectivity index (χ0v) is 15.6. The van der Waals surface area contributed by atoms with Crippen molar-refractivity contribution in [3.8, 4) is 11.8 Å². The molecule has 0 saturated carbocycles. The van der Waals surface area contributed by atoms with Crippen LogP contribution in [0.15, 0.2) is 48.5 Å². The van der Waals surface area contributed by atoms with Crippen LogP contribution in [0.4, 0.5) is 0 Å². The smallest absolute Gasteiger partial charge is 0.251 e. The summed E-state index contributed by atoms with van der Waals surface area (Å²) in [7, 11) is 0. The van der Waals surface area contributed by atoms with Crippen molar-refractivity contribution in [2.45, 2.75) is 26.0 Å². The van der Waals surface area contributed by atoms with Gasteiger partial charge in [0.15, 0.2) is 11.6 Å². The second-order valence-corrected chi connectivity index (χ2v) is 6.28. The van der Waals surface area contributed by atoms with Crippen LogP contribution in [0.3, 0.4) is 0 Å². The highest BCUT2D eigenvalue weighted by Crippen LogP contribution is 2.07. The van der Waals surface area contributed by atoms with Gasteiger partial charge in [-0.3, -0.25) is 14.4 Å². The Kier molecular flexibility index (Phi) is 7.21. The van der Waals surface area contributed by atoms with Crippen molar-refractivity contribution in [3.63, 3.8) is 0 Å². The zero-order chi connectivity index (χ0) is 20.7. The molecule has 6 nitrogen and oxygen atoms in total. The molecule has 0 aromatic heterocycles. The van der Waals surface area contributed by atoms with Gasteiger partial charge in [-0.2, -0.15) is 0 Å². The first-order chi connectivity index (χ1) is 13.3. The molecule has 2 rings (SSSR count). The summed E-state index contributed by atoms with van der Waals surface area (Å²) in [4.78, 5) is 35.1. The highest BCUT2D eigenvalue weighted by molar-refractivity contribution is 5.98. The van der Waals surface area contributed by atoms with E-state index < -0.39 is 30.4 Å². The maximum atomic E-state index is 12.2. The number of nitrogens with one attached hydrogen (secondary N) is 1. The number of rotatable bonds is 6. The Morgan fingerprint density at radius 1 is 0.929 bits per heavy atom. The minimum Gasteiger partial charge on any atom is -0.391 e. The van der Waals surface area contributed by atoms with E-state index in [-0.39, 0.29) is 5.78 Å². The minimum atomic E-state index is -1.17. The molecular weight excluding hydrogens is 358 g/mol. The summed E-state index contributed by atoms with van der Waals surface area (Å²) < 4.78 is 0. The van der Waals surface area contributed by atoms with Gasteiger partial charge in [-0.05, 0) is 50.2 Å². The largest absolute Gasteiger partial charge is 0.391 e. The number of carbonyl (C=O) groups excluding carboxylic acids is 3. The monoisotopic (exact) mass is 379 g/mol. The molecule has 2 aromatic rings. The average Bonchev–Trinajstić information content (AvgIpc) is 2.70. The molecule has 0 unspecified atom stereocenters.